The fourth-order valence-corrected chi connectivity index (χ4v) is 3.39. The Kier molecular flexibility index (Phi) is 5.13. The molecule has 1 atom stereocenters. The number of anilines is 1. The molecule has 1 saturated heterocycles. The average molecular weight is 369 g/mol. The molecular formula is C19H21ClN6. The number of hydrogen-bond acceptors (Lipinski definition) is 5. The standard InChI is InChI=1S/C19H21ClN6/c20-16-5-7-18(8-6-16)26-13-15(12-23-26)11-21-17-3-2-10-25(14-17)19-4-1-9-22-24-19/h1,4-9,12-13,17,21H,2-3,10-11,14H2. The van der Waals surface area contributed by atoms with Gasteiger partial charge in [0.05, 0.1) is 11.9 Å². The van der Waals surface area contributed by atoms with E-state index in [-0.39, 0.29) is 0 Å². The van der Waals surface area contributed by atoms with Gasteiger partial charge in [-0.25, -0.2) is 4.68 Å². The lowest BCUT2D eigenvalue weighted by Crippen LogP contribution is -2.45. The van der Waals surface area contributed by atoms with Crippen LogP contribution in [-0.2, 0) is 6.54 Å². The summed E-state index contributed by atoms with van der Waals surface area (Å²) in [6.07, 6.45) is 7.99. The minimum Gasteiger partial charge on any atom is -0.354 e. The summed E-state index contributed by atoms with van der Waals surface area (Å²) in [6.45, 7) is 2.78. The van der Waals surface area contributed by atoms with Crippen LogP contribution in [0.1, 0.15) is 18.4 Å². The number of benzene rings is 1. The Morgan fingerprint density at radius 1 is 1.19 bits per heavy atom. The first-order valence-corrected chi connectivity index (χ1v) is 9.21. The van der Waals surface area contributed by atoms with E-state index in [2.05, 4.69) is 31.7 Å². The highest BCUT2D eigenvalue weighted by Gasteiger charge is 2.20. The molecule has 2 aromatic heterocycles. The van der Waals surface area contributed by atoms with E-state index >= 15 is 0 Å². The molecule has 0 bridgehead atoms. The molecule has 0 radical (unpaired) electrons. The third kappa shape index (κ3) is 4.03. The summed E-state index contributed by atoms with van der Waals surface area (Å²) in [5, 5.41) is 17.0. The first kappa shape index (κ1) is 17.0. The highest BCUT2D eigenvalue weighted by atomic mass is 35.5. The van der Waals surface area contributed by atoms with Crippen molar-refractivity contribution in [3.8, 4) is 5.69 Å². The van der Waals surface area contributed by atoms with Gasteiger partial charge in [0.1, 0.15) is 0 Å². The number of piperidine rings is 1. The second kappa shape index (κ2) is 7.85. The summed E-state index contributed by atoms with van der Waals surface area (Å²) in [6, 6.07) is 12.1. The van der Waals surface area contributed by atoms with Crippen LogP contribution in [-0.4, -0.2) is 39.1 Å². The summed E-state index contributed by atoms with van der Waals surface area (Å²) in [4.78, 5) is 2.30. The number of hydrogen-bond donors (Lipinski definition) is 1. The van der Waals surface area contributed by atoms with Gasteiger partial charge in [-0.15, -0.1) is 5.10 Å². The molecule has 0 saturated carbocycles. The van der Waals surface area contributed by atoms with Crippen LogP contribution >= 0.6 is 11.6 Å². The van der Waals surface area contributed by atoms with Crippen molar-refractivity contribution in [2.75, 3.05) is 18.0 Å². The van der Waals surface area contributed by atoms with E-state index in [1.807, 2.05) is 47.3 Å². The first-order chi connectivity index (χ1) is 12.8. The van der Waals surface area contributed by atoms with E-state index in [0.717, 1.165) is 48.1 Å². The second-order valence-electron chi connectivity index (χ2n) is 6.52. The monoisotopic (exact) mass is 368 g/mol. The van der Waals surface area contributed by atoms with Crippen molar-refractivity contribution in [1.29, 1.82) is 0 Å². The number of aromatic nitrogens is 4. The predicted octanol–water partition coefficient (Wildman–Crippen LogP) is 3.07. The Bertz CT molecular complexity index is 833. The molecule has 0 aliphatic carbocycles. The van der Waals surface area contributed by atoms with Gasteiger partial charge in [-0.3, -0.25) is 0 Å². The second-order valence-corrected chi connectivity index (χ2v) is 6.95. The lowest BCUT2D eigenvalue weighted by Gasteiger charge is -2.33. The lowest BCUT2D eigenvalue weighted by molar-refractivity contribution is 0.419. The molecule has 3 aromatic rings. The zero-order valence-corrected chi connectivity index (χ0v) is 15.2. The average Bonchev–Trinajstić information content (AvgIpc) is 3.17. The Morgan fingerprint density at radius 3 is 2.88 bits per heavy atom. The van der Waals surface area contributed by atoms with Crippen molar-refractivity contribution < 1.29 is 0 Å². The van der Waals surface area contributed by atoms with Gasteiger partial charge in [0.2, 0.25) is 0 Å². The van der Waals surface area contributed by atoms with Crippen molar-refractivity contribution in [2.45, 2.75) is 25.4 Å². The summed E-state index contributed by atoms with van der Waals surface area (Å²) in [7, 11) is 0. The Morgan fingerprint density at radius 2 is 2.08 bits per heavy atom. The smallest absolute Gasteiger partial charge is 0.151 e. The topological polar surface area (TPSA) is 58.9 Å². The molecule has 3 heterocycles. The predicted molar refractivity (Wildman–Crippen MR) is 103 cm³/mol. The van der Waals surface area contributed by atoms with Crippen molar-refractivity contribution in [3.05, 3.63) is 65.6 Å². The molecule has 0 spiro atoms. The molecule has 26 heavy (non-hydrogen) atoms. The molecule has 6 nitrogen and oxygen atoms in total. The number of halogens is 1. The number of nitrogens with zero attached hydrogens (tertiary/aromatic N) is 5. The van der Waals surface area contributed by atoms with E-state index in [9.17, 15) is 0 Å². The minimum atomic E-state index is 0.435. The van der Waals surface area contributed by atoms with Crippen molar-refractivity contribution in [3.63, 3.8) is 0 Å². The van der Waals surface area contributed by atoms with E-state index < -0.39 is 0 Å². The Labute approximate surface area is 157 Å². The maximum Gasteiger partial charge on any atom is 0.151 e. The van der Waals surface area contributed by atoms with Gasteiger partial charge in [-0.05, 0) is 49.2 Å². The normalized spacial score (nSPS) is 17.4. The lowest BCUT2D eigenvalue weighted by atomic mass is 10.1. The van der Waals surface area contributed by atoms with Gasteiger partial charge in [0.15, 0.2) is 5.82 Å². The summed E-state index contributed by atoms with van der Waals surface area (Å²) < 4.78 is 1.88. The van der Waals surface area contributed by atoms with Crippen molar-refractivity contribution >= 4 is 17.4 Å². The number of nitrogens with one attached hydrogen (secondary N) is 1. The highest BCUT2D eigenvalue weighted by Crippen LogP contribution is 2.17. The summed E-state index contributed by atoms with van der Waals surface area (Å²) in [5.41, 5.74) is 2.17. The molecule has 1 N–H and O–H groups in total. The summed E-state index contributed by atoms with van der Waals surface area (Å²) >= 11 is 5.94. The molecule has 7 heteroatoms. The van der Waals surface area contributed by atoms with Crippen LogP contribution in [0.15, 0.2) is 55.0 Å². The van der Waals surface area contributed by atoms with Gasteiger partial charge in [0.25, 0.3) is 0 Å². The van der Waals surface area contributed by atoms with Crippen LogP contribution < -0.4 is 10.2 Å². The quantitative estimate of drug-likeness (QED) is 0.750. The maximum atomic E-state index is 5.94. The Balaban J connectivity index is 1.35. The molecule has 4 rings (SSSR count). The van der Waals surface area contributed by atoms with Crippen LogP contribution in [0, 0.1) is 0 Å². The fourth-order valence-electron chi connectivity index (χ4n) is 3.26. The van der Waals surface area contributed by atoms with Gasteiger partial charge >= 0.3 is 0 Å². The first-order valence-electron chi connectivity index (χ1n) is 8.83. The third-order valence-electron chi connectivity index (χ3n) is 4.63. The molecule has 1 aliphatic rings. The highest BCUT2D eigenvalue weighted by molar-refractivity contribution is 6.30. The molecule has 1 fully saturated rings. The van der Waals surface area contributed by atoms with Gasteiger partial charge in [-0.1, -0.05) is 11.6 Å². The summed E-state index contributed by atoms with van der Waals surface area (Å²) in [5.74, 6) is 0.953. The van der Waals surface area contributed by atoms with E-state index in [0.29, 0.717) is 6.04 Å². The molecule has 1 aliphatic heterocycles. The largest absolute Gasteiger partial charge is 0.354 e. The van der Waals surface area contributed by atoms with E-state index in [1.165, 1.54) is 6.42 Å². The van der Waals surface area contributed by atoms with E-state index in [4.69, 9.17) is 11.6 Å². The van der Waals surface area contributed by atoms with E-state index in [1.54, 1.807) is 6.20 Å². The molecule has 1 aromatic carbocycles. The molecule has 1 unspecified atom stereocenters. The molecule has 134 valence electrons. The SMILES string of the molecule is Clc1ccc(-n2cc(CNC3CCCN(c4cccnn4)C3)cn2)cc1. The Hall–Kier alpha value is -2.44. The molecular weight excluding hydrogens is 348 g/mol. The fraction of sp³-hybridized carbons (Fsp3) is 0.316. The molecule has 0 amide bonds. The number of rotatable bonds is 5. The minimum absolute atomic E-state index is 0.435. The third-order valence-corrected chi connectivity index (χ3v) is 4.88. The van der Waals surface area contributed by atoms with Crippen molar-refractivity contribution in [1.82, 2.24) is 25.3 Å². The van der Waals surface area contributed by atoms with Crippen LogP contribution in [0.25, 0.3) is 5.69 Å². The van der Waals surface area contributed by atoms with Crippen molar-refractivity contribution in [2.24, 2.45) is 0 Å². The maximum absolute atomic E-state index is 5.94. The van der Waals surface area contributed by atoms with Crippen LogP contribution in [0.4, 0.5) is 5.82 Å². The van der Waals surface area contributed by atoms with Crippen LogP contribution in [0.2, 0.25) is 5.02 Å². The van der Waals surface area contributed by atoms with Crippen LogP contribution in [0.3, 0.4) is 0 Å². The van der Waals surface area contributed by atoms with Gasteiger partial charge in [0, 0.05) is 48.7 Å². The zero-order chi connectivity index (χ0) is 17.8. The zero-order valence-electron chi connectivity index (χ0n) is 14.4. The van der Waals surface area contributed by atoms with Gasteiger partial charge < -0.3 is 10.2 Å². The van der Waals surface area contributed by atoms with Gasteiger partial charge in [-0.2, -0.15) is 10.2 Å². The van der Waals surface area contributed by atoms with Crippen LogP contribution in [0.5, 0.6) is 0 Å².